The van der Waals surface area contributed by atoms with E-state index in [0.717, 1.165) is 10.6 Å². The van der Waals surface area contributed by atoms with Crippen LogP contribution in [0.3, 0.4) is 0 Å². The molecule has 0 unspecified atom stereocenters. The van der Waals surface area contributed by atoms with E-state index in [1.807, 2.05) is 0 Å². The predicted octanol–water partition coefficient (Wildman–Crippen LogP) is -0.712. The Labute approximate surface area is 145 Å². The molecule has 26 heavy (non-hydrogen) atoms. The summed E-state index contributed by atoms with van der Waals surface area (Å²) in [5, 5.41) is 13.1. The van der Waals surface area contributed by atoms with Crippen molar-refractivity contribution in [2.75, 3.05) is 12.8 Å². The first-order valence-corrected chi connectivity index (χ1v) is 7.34. The molecule has 0 spiro atoms. The maximum absolute atomic E-state index is 12.7. The number of amides is 2. The molecule has 0 bridgehead atoms. The number of pyridine rings is 1. The number of nitrogens with one attached hydrogen (secondary N) is 1. The van der Waals surface area contributed by atoms with Gasteiger partial charge in [-0.1, -0.05) is 0 Å². The van der Waals surface area contributed by atoms with Crippen molar-refractivity contribution in [3.8, 4) is 17.1 Å². The molecule has 1 aliphatic heterocycles. The summed E-state index contributed by atoms with van der Waals surface area (Å²) in [6.07, 6.45) is 1.34. The van der Waals surface area contributed by atoms with Crippen molar-refractivity contribution < 1.29 is 14.3 Å². The second kappa shape index (κ2) is 5.51. The minimum absolute atomic E-state index is 0.0550. The zero-order valence-electron chi connectivity index (χ0n) is 13.3. The summed E-state index contributed by atoms with van der Waals surface area (Å²) in [5.74, 6) is -1.04. The van der Waals surface area contributed by atoms with E-state index in [1.54, 1.807) is 18.2 Å². The number of imide groups is 1. The Hall–Kier alpha value is -4.02. The molecule has 3 N–H and O–H groups in total. The molecule has 1 aliphatic rings. The summed E-state index contributed by atoms with van der Waals surface area (Å²) in [6, 6.07) is 5.91. The number of aromatic nitrogens is 5. The molecule has 1 aromatic carbocycles. The van der Waals surface area contributed by atoms with Crippen molar-refractivity contribution in [2.24, 2.45) is 0 Å². The number of rotatable bonds is 3. The zero-order chi connectivity index (χ0) is 18.4. The third kappa shape index (κ3) is 2.14. The summed E-state index contributed by atoms with van der Waals surface area (Å²) >= 11 is 0. The van der Waals surface area contributed by atoms with Gasteiger partial charge in [0.05, 0.1) is 29.6 Å². The van der Waals surface area contributed by atoms with Crippen LogP contribution in [0.15, 0.2) is 35.4 Å². The average molecular weight is 353 g/mol. The van der Waals surface area contributed by atoms with E-state index in [1.165, 1.54) is 18.1 Å². The molecule has 4 rings (SSSR count). The number of nitrogens with zero attached hydrogens (tertiary/aromatic N) is 5. The molecule has 11 heteroatoms. The van der Waals surface area contributed by atoms with Gasteiger partial charge in [0.1, 0.15) is 17.9 Å². The fourth-order valence-corrected chi connectivity index (χ4v) is 2.80. The maximum atomic E-state index is 12.7. The fourth-order valence-electron chi connectivity index (χ4n) is 2.80. The molecule has 0 saturated carbocycles. The molecule has 0 fully saturated rings. The Bertz CT molecular complexity index is 1120. The van der Waals surface area contributed by atoms with E-state index in [2.05, 4.69) is 20.8 Å². The third-order valence-corrected chi connectivity index (χ3v) is 3.97. The molecule has 2 aromatic heterocycles. The van der Waals surface area contributed by atoms with Gasteiger partial charge < -0.3 is 10.5 Å². The Morgan fingerprint density at radius 3 is 2.62 bits per heavy atom. The summed E-state index contributed by atoms with van der Waals surface area (Å²) in [5.41, 5.74) is 6.09. The van der Waals surface area contributed by atoms with Gasteiger partial charge in [-0.3, -0.25) is 24.3 Å². The number of carbonyl (C=O) groups is 2. The van der Waals surface area contributed by atoms with Crippen LogP contribution in [0, 0.1) is 0 Å². The lowest BCUT2D eigenvalue weighted by Gasteiger charge is -2.16. The number of anilines is 1. The van der Waals surface area contributed by atoms with Crippen LogP contribution in [-0.4, -0.2) is 43.7 Å². The number of nitrogens with two attached hydrogens (primary N) is 1. The predicted molar refractivity (Wildman–Crippen MR) is 87.5 cm³/mol. The van der Waals surface area contributed by atoms with Gasteiger partial charge in [-0.2, -0.15) is 4.68 Å². The van der Waals surface area contributed by atoms with Gasteiger partial charge in [-0.25, -0.2) is 0 Å². The second-order valence-electron chi connectivity index (χ2n) is 5.38. The van der Waals surface area contributed by atoms with E-state index in [9.17, 15) is 14.4 Å². The molecular weight excluding hydrogens is 342 g/mol. The Balaban J connectivity index is 2.06. The average Bonchev–Trinajstić information content (AvgIpc) is 3.23. The first kappa shape index (κ1) is 15.5. The lowest BCUT2D eigenvalue weighted by Crippen LogP contribution is -2.25. The number of fused-ring (bicyclic) bond motifs is 1. The van der Waals surface area contributed by atoms with Gasteiger partial charge in [-0.15, -0.1) is 5.10 Å². The smallest absolute Gasteiger partial charge is 0.262 e. The molecule has 0 radical (unpaired) electrons. The topological polar surface area (TPSA) is 147 Å². The van der Waals surface area contributed by atoms with Crippen LogP contribution in [0.2, 0.25) is 0 Å². The number of tetrazole rings is 1. The number of carbonyl (C=O) groups excluding carboxylic acids is 2. The quantitative estimate of drug-likeness (QED) is 0.587. The molecule has 0 saturated heterocycles. The highest BCUT2D eigenvalue weighted by molar-refractivity contribution is 6.23. The first-order valence-electron chi connectivity index (χ1n) is 7.34. The molecule has 2 amide bonds. The number of hydrogen-bond acceptors (Lipinski definition) is 8. The number of hydrogen-bond donors (Lipinski definition) is 2. The molecule has 3 heterocycles. The van der Waals surface area contributed by atoms with Crippen LogP contribution in [0.1, 0.15) is 20.7 Å². The van der Waals surface area contributed by atoms with E-state index in [4.69, 9.17) is 10.5 Å². The second-order valence-corrected chi connectivity index (χ2v) is 5.38. The van der Waals surface area contributed by atoms with Crippen LogP contribution in [-0.2, 0) is 0 Å². The standard InChI is InChI=1S/C15H11N7O4/c1-26-7-2-3-9(21-6-17-19-20-21)10(4-7)22-11(23)5-8-12(13(22)16)15(25)18-14(8)24/h2-6H,16H2,1H3,(H,18,24,25). The van der Waals surface area contributed by atoms with Crippen LogP contribution in [0.4, 0.5) is 5.82 Å². The summed E-state index contributed by atoms with van der Waals surface area (Å²) < 4.78 is 7.65. The third-order valence-electron chi connectivity index (χ3n) is 3.97. The van der Waals surface area contributed by atoms with E-state index in [-0.39, 0.29) is 22.6 Å². The Morgan fingerprint density at radius 1 is 1.12 bits per heavy atom. The van der Waals surface area contributed by atoms with Gasteiger partial charge in [0.2, 0.25) is 0 Å². The number of methoxy groups -OCH3 is 1. The molecule has 0 aliphatic carbocycles. The summed E-state index contributed by atoms with van der Waals surface area (Å²) in [6.45, 7) is 0. The number of benzene rings is 1. The molecule has 11 nitrogen and oxygen atoms in total. The SMILES string of the molecule is COc1ccc(-n2cnnn2)c(-n2c(N)c3c(cc2=O)C(=O)NC3=O)c1. The van der Waals surface area contributed by atoms with Crippen LogP contribution in [0.25, 0.3) is 11.4 Å². The van der Waals surface area contributed by atoms with Crippen molar-refractivity contribution >= 4 is 17.6 Å². The van der Waals surface area contributed by atoms with Crippen molar-refractivity contribution in [2.45, 2.75) is 0 Å². The van der Waals surface area contributed by atoms with E-state index >= 15 is 0 Å². The summed E-state index contributed by atoms with van der Waals surface area (Å²) in [4.78, 5) is 36.5. The van der Waals surface area contributed by atoms with Crippen LogP contribution < -0.4 is 21.3 Å². The molecule has 130 valence electrons. The van der Waals surface area contributed by atoms with Gasteiger partial charge in [-0.05, 0) is 22.6 Å². The number of ether oxygens (including phenoxy) is 1. The van der Waals surface area contributed by atoms with E-state index in [0.29, 0.717) is 11.4 Å². The van der Waals surface area contributed by atoms with Gasteiger partial charge in [0.15, 0.2) is 0 Å². The van der Waals surface area contributed by atoms with Crippen molar-refractivity contribution in [1.82, 2.24) is 30.1 Å². The molecule has 3 aromatic rings. The van der Waals surface area contributed by atoms with Gasteiger partial charge >= 0.3 is 0 Å². The Kier molecular flexibility index (Phi) is 3.29. The lowest BCUT2D eigenvalue weighted by atomic mass is 10.1. The van der Waals surface area contributed by atoms with Crippen molar-refractivity contribution in [3.63, 3.8) is 0 Å². The zero-order valence-corrected chi connectivity index (χ0v) is 13.3. The highest BCUT2D eigenvalue weighted by Crippen LogP contribution is 2.28. The fraction of sp³-hybridized carbons (Fsp3) is 0.0667. The normalized spacial score (nSPS) is 12.8. The minimum atomic E-state index is -0.664. The van der Waals surface area contributed by atoms with Gasteiger partial charge in [0.25, 0.3) is 17.4 Å². The van der Waals surface area contributed by atoms with E-state index < -0.39 is 17.4 Å². The van der Waals surface area contributed by atoms with Crippen molar-refractivity contribution in [3.05, 3.63) is 52.1 Å². The lowest BCUT2D eigenvalue weighted by molar-refractivity contribution is 0.0880. The van der Waals surface area contributed by atoms with Gasteiger partial charge in [0, 0.05) is 12.1 Å². The van der Waals surface area contributed by atoms with Crippen LogP contribution >= 0.6 is 0 Å². The monoisotopic (exact) mass is 353 g/mol. The molecular formula is C15H11N7O4. The Morgan fingerprint density at radius 2 is 1.92 bits per heavy atom. The highest BCUT2D eigenvalue weighted by atomic mass is 16.5. The minimum Gasteiger partial charge on any atom is -0.497 e. The largest absolute Gasteiger partial charge is 0.497 e. The van der Waals surface area contributed by atoms with Crippen LogP contribution in [0.5, 0.6) is 5.75 Å². The van der Waals surface area contributed by atoms with Crippen molar-refractivity contribution in [1.29, 1.82) is 0 Å². The maximum Gasteiger partial charge on any atom is 0.262 e. The number of nitrogen functional groups attached to an aromatic ring is 1. The summed E-state index contributed by atoms with van der Waals surface area (Å²) in [7, 11) is 1.47. The highest BCUT2D eigenvalue weighted by Gasteiger charge is 2.32. The first-order chi connectivity index (χ1) is 12.5. The molecule has 0 atom stereocenters.